The lowest BCUT2D eigenvalue weighted by molar-refractivity contribution is 0.0512. The Labute approximate surface area is 288 Å². The molecule has 8 rings (SSSR count). The lowest BCUT2D eigenvalue weighted by atomic mass is 9.93. The molecule has 4 saturated heterocycles. The number of nitrogens with zero attached hydrogens (tertiary/aromatic N) is 5. The summed E-state index contributed by atoms with van der Waals surface area (Å²) in [6.07, 6.45) is 9.02. The molecule has 4 atom stereocenters. The van der Waals surface area contributed by atoms with Gasteiger partial charge in [-0.3, -0.25) is 9.80 Å². The number of aromatic nitrogens is 2. The van der Waals surface area contributed by atoms with Crippen molar-refractivity contribution in [3.05, 3.63) is 53.6 Å². The van der Waals surface area contributed by atoms with Crippen molar-refractivity contribution in [1.29, 1.82) is 0 Å². The number of alkyl halides is 1. The van der Waals surface area contributed by atoms with E-state index in [-0.39, 0.29) is 54.7 Å². The summed E-state index contributed by atoms with van der Waals surface area (Å²) in [6, 6.07) is 10.1. The second-order valence-corrected chi connectivity index (χ2v) is 14.0. The largest absolute Gasteiger partial charge is 0.468 e. The topological polar surface area (TPSA) is 83.4 Å². The van der Waals surface area contributed by atoms with Crippen LogP contribution in [-0.4, -0.2) is 109 Å². The van der Waals surface area contributed by atoms with Gasteiger partial charge in [0.15, 0.2) is 12.6 Å². The number of halogens is 3. The summed E-state index contributed by atoms with van der Waals surface area (Å²) in [5, 5.41) is 11.2. The van der Waals surface area contributed by atoms with Crippen LogP contribution in [0.4, 0.5) is 19.0 Å². The van der Waals surface area contributed by atoms with Crippen molar-refractivity contribution in [2.45, 2.75) is 55.9 Å². The van der Waals surface area contributed by atoms with Crippen molar-refractivity contribution in [1.82, 2.24) is 19.8 Å². The summed E-state index contributed by atoms with van der Waals surface area (Å²) in [7, 11) is 1.50. The number of terminal acetylenes is 1. The maximum absolute atomic E-state index is 17.2. The smallest absolute Gasteiger partial charge is 0.319 e. The number of hydrogen-bond acceptors (Lipinski definition) is 9. The molecule has 1 aromatic heterocycles. The number of anilines is 1. The van der Waals surface area contributed by atoms with Crippen LogP contribution in [-0.2, 0) is 4.74 Å². The lowest BCUT2D eigenvalue weighted by Gasteiger charge is -2.41. The summed E-state index contributed by atoms with van der Waals surface area (Å²) in [5.41, 5.74) is 0.136. The molecule has 4 aliphatic heterocycles. The Morgan fingerprint density at radius 1 is 1.04 bits per heavy atom. The molecule has 0 spiro atoms. The van der Waals surface area contributed by atoms with Crippen LogP contribution in [0.25, 0.3) is 32.8 Å². The van der Waals surface area contributed by atoms with E-state index >= 15 is 8.78 Å². The molecule has 262 valence electrons. The van der Waals surface area contributed by atoms with E-state index < -0.39 is 23.3 Å². The normalized spacial score (nSPS) is 25.0. The van der Waals surface area contributed by atoms with E-state index in [9.17, 15) is 9.50 Å². The first-order valence-electron chi connectivity index (χ1n) is 17.3. The molecule has 2 unspecified atom stereocenters. The zero-order valence-electron chi connectivity index (χ0n) is 28.0. The molecule has 1 N–H and O–H groups in total. The molecule has 0 saturated carbocycles. The van der Waals surface area contributed by atoms with Crippen LogP contribution in [0.2, 0.25) is 0 Å². The molecule has 9 nitrogen and oxygen atoms in total. The van der Waals surface area contributed by atoms with Crippen molar-refractivity contribution >= 4 is 27.5 Å². The van der Waals surface area contributed by atoms with Gasteiger partial charge in [-0.05, 0) is 67.4 Å². The first-order chi connectivity index (χ1) is 24.3. The lowest BCUT2D eigenvalue weighted by Crippen LogP contribution is -2.54. The minimum atomic E-state index is -0.922. The Bertz CT molecular complexity index is 1980. The molecular formula is C38H40F3N5O4. The van der Waals surface area contributed by atoms with Gasteiger partial charge in [0.1, 0.15) is 35.7 Å². The fourth-order valence-corrected chi connectivity index (χ4v) is 8.91. The monoisotopic (exact) mass is 687 g/mol. The van der Waals surface area contributed by atoms with E-state index in [1.165, 1.54) is 13.2 Å². The minimum Gasteiger partial charge on any atom is -0.468 e. The van der Waals surface area contributed by atoms with Gasteiger partial charge in [0.05, 0.1) is 17.7 Å². The number of aliphatic hydroxyl groups excluding tert-OH is 1. The molecule has 4 aromatic rings. The number of aliphatic hydroxyl groups is 1. The highest BCUT2D eigenvalue weighted by molar-refractivity contribution is 6.04. The van der Waals surface area contributed by atoms with Crippen LogP contribution in [0, 0.1) is 24.0 Å². The second-order valence-electron chi connectivity index (χ2n) is 14.0. The Kier molecular flexibility index (Phi) is 8.71. The number of ether oxygens (including phenoxy) is 3. The van der Waals surface area contributed by atoms with E-state index in [4.69, 9.17) is 25.6 Å². The average Bonchev–Trinajstić information content (AvgIpc) is 3.71. The maximum Gasteiger partial charge on any atom is 0.319 e. The number of hydrogen-bond donors (Lipinski definition) is 1. The Balaban J connectivity index is 1.26. The summed E-state index contributed by atoms with van der Waals surface area (Å²) in [5.74, 6) is 2.18. The van der Waals surface area contributed by atoms with Crippen LogP contribution in [0.1, 0.15) is 37.7 Å². The fourth-order valence-electron chi connectivity index (χ4n) is 8.91. The third kappa shape index (κ3) is 5.61. The number of rotatable bonds is 10. The summed E-state index contributed by atoms with van der Waals surface area (Å²) >= 11 is 0. The molecular weight excluding hydrogens is 647 g/mol. The van der Waals surface area contributed by atoms with Gasteiger partial charge in [-0.1, -0.05) is 18.1 Å². The Hall–Kier alpha value is -4.15. The highest BCUT2D eigenvalue weighted by atomic mass is 19.1. The van der Waals surface area contributed by atoms with Gasteiger partial charge in [0, 0.05) is 68.1 Å². The molecule has 0 radical (unpaired) electrons. The highest BCUT2D eigenvalue weighted by Gasteiger charge is 2.49. The van der Waals surface area contributed by atoms with Crippen LogP contribution in [0.5, 0.6) is 11.8 Å². The van der Waals surface area contributed by atoms with E-state index in [0.717, 1.165) is 32.2 Å². The summed E-state index contributed by atoms with van der Waals surface area (Å²) in [6.45, 7) is 3.36. The highest BCUT2D eigenvalue weighted by Crippen LogP contribution is 2.43. The number of benzene rings is 3. The van der Waals surface area contributed by atoms with Crippen molar-refractivity contribution in [2.75, 3.05) is 64.7 Å². The van der Waals surface area contributed by atoms with Gasteiger partial charge in [-0.15, -0.1) is 6.42 Å². The van der Waals surface area contributed by atoms with E-state index in [0.29, 0.717) is 65.9 Å². The molecule has 4 aliphatic rings. The molecule has 3 aromatic carbocycles. The van der Waals surface area contributed by atoms with Gasteiger partial charge in [0.25, 0.3) is 0 Å². The van der Waals surface area contributed by atoms with Crippen LogP contribution >= 0.6 is 0 Å². The number of fused-ring (bicyclic) bond motifs is 5. The first kappa shape index (κ1) is 33.0. The predicted molar refractivity (Wildman–Crippen MR) is 184 cm³/mol. The third-order valence-electron chi connectivity index (χ3n) is 11.1. The van der Waals surface area contributed by atoms with Gasteiger partial charge < -0.3 is 24.2 Å². The third-order valence-corrected chi connectivity index (χ3v) is 11.1. The quantitative estimate of drug-likeness (QED) is 0.177. The second kappa shape index (κ2) is 13.2. The zero-order chi connectivity index (χ0) is 34.6. The molecule has 50 heavy (non-hydrogen) atoms. The standard InChI is InChI=1S/C38H40F3N5O4/c1-3-28-32(40)10-5-23-15-27(50-22-48-2)16-31(33(23)28)29-8-9-30-35(34(29)41)42-37(49-21-38-11-4-12-45(38)18-24(39)17-38)43-36(30)44-19-25-6-7-26(20-44)46(25)13-14-47/h1,5,8-10,15-16,24-26,47H,4,6-7,11-14,17-22H2,2H3/t24-,25?,26?,38+/m1/s1. The Morgan fingerprint density at radius 2 is 1.86 bits per heavy atom. The van der Waals surface area contributed by atoms with Gasteiger partial charge in [-0.2, -0.15) is 9.97 Å². The SMILES string of the molecule is C#Cc1c(F)ccc2cc(OCOC)cc(-c3ccc4c(N5CC6CCC(C5)N6CCO)nc(OC[C@@]56CCCN5C[C@H](F)C6)nc4c3F)c12. The van der Waals surface area contributed by atoms with E-state index in [1.54, 1.807) is 30.3 Å². The van der Waals surface area contributed by atoms with Crippen molar-refractivity contribution < 1.29 is 32.5 Å². The van der Waals surface area contributed by atoms with Gasteiger partial charge >= 0.3 is 6.01 Å². The molecule has 2 bridgehead atoms. The van der Waals surface area contributed by atoms with E-state index in [1.807, 2.05) is 0 Å². The molecule has 12 heteroatoms. The Morgan fingerprint density at radius 3 is 2.62 bits per heavy atom. The van der Waals surface area contributed by atoms with Crippen molar-refractivity contribution in [3.8, 4) is 35.2 Å². The fraction of sp³-hybridized carbons (Fsp3) is 0.474. The van der Waals surface area contributed by atoms with E-state index in [2.05, 4.69) is 25.6 Å². The minimum absolute atomic E-state index is 0.0158. The van der Waals surface area contributed by atoms with Crippen LogP contribution in [0.15, 0.2) is 36.4 Å². The first-order valence-corrected chi connectivity index (χ1v) is 17.3. The molecule has 4 fully saturated rings. The molecule has 5 heterocycles. The number of piperazine rings is 1. The number of methoxy groups -OCH3 is 1. The van der Waals surface area contributed by atoms with Crippen molar-refractivity contribution in [2.24, 2.45) is 0 Å². The molecule has 0 aliphatic carbocycles. The zero-order valence-corrected chi connectivity index (χ0v) is 28.0. The van der Waals surface area contributed by atoms with Crippen LogP contribution in [0.3, 0.4) is 0 Å². The summed E-state index contributed by atoms with van der Waals surface area (Å²) in [4.78, 5) is 16.2. The van der Waals surface area contributed by atoms with Gasteiger partial charge in [-0.25, -0.2) is 13.2 Å². The molecule has 0 amide bonds. The van der Waals surface area contributed by atoms with Crippen LogP contribution < -0.4 is 14.4 Å². The van der Waals surface area contributed by atoms with Gasteiger partial charge in [0.2, 0.25) is 0 Å². The maximum atomic E-state index is 17.2. The predicted octanol–water partition coefficient (Wildman–Crippen LogP) is 5.29. The average molecular weight is 688 g/mol. The van der Waals surface area contributed by atoms with Crippen molar-refractivity contribution in [3.63, 3.8) is 0 Å². The summed E-state index contributed by atoms with van der Waals surface area (Å²) < 4.78 is 64.0.